The van der Waals surface area contributed by atoms with E-state index >= 15 is 0 Å². The first-order valence-electron chi connectivity index (χ1n) is 9.46. The van der Waals surface area contributed by atoms with Crippen molar-refractivity contribution in [1.29, 1.82) is 0 Å². The Labute approximate surface area is 181 Å². The number of hydrogen-bond acceptors (Lipinski definition) is 4. The standard InChI is InChI=1S/C23H19F4NO4/c24-17-7-11-19(12-8-17)31-18-9-5-15(6-10-18)21(13-22(28)29)30-14-16-3-1-2-4-20(16)32-23(25,26)27/h1-12,21H,13-14H2,(H2,28,29). The van der Waals surface area contributed by atoms with E-state index in [1.54, 1.807) is 30.3 Å². The van der Waals surface area contributed by atoms with Crippen molar-refractivity contribution in [2.24, 2.45) is 5.73 Å². The van der Waals surface area contributed by atoms with Gasteiger partial charge in [0.05, 0.1) is 19.1 Å². The molecule has 0 aromatic heterocycles. The Hall–Kier alpha value is -3.59. The van der Waals surface area contributed by atoms with Gasteiger partial charge in [-0.25, -0.2) is 4.39 Å². The van der Waals surface area contributed by atoms with Crippen LogP contribution in [0.15, 0.2) is 72.8 Å². The van der Waals surface area contributed by atoms with Crippen molar-refractivity contribution >= 4 is 5.91 Å². The molecule has 3 aromatic carbocycles. The molecule has 2 N–H and O–H groups in total. The minimum atomic E-state index is -4.84. The van der Waals surface area contributed by atoms with Gasteiger partial charge in [0.15, 0.2) is 0 Å². The summed E-state index contributed by atoms with van der Waals surface area (Å²) in [6.45, 7) is -0.238. The number of carbonyl (C=O) groups excluding carboxylic acids is 1. The molecule has 5 nitrogen and oxygen atoms in total. The quantitative estimate of drug-likeness (QED) is 0.429. The van der Waals surface area contributed by atoms with Crippen LogP contribution in [0.25, 0.3) is 0 Å². The first-order chi connectivity index (χ1) is 15.2. The van der Waals surface area contributed by atoms with Gasteiger partial charge in [-0.05, 0) is 48.0 Å². The number of hydrogen-bond donors (Lipinski definition) is 1. The molecular weight excluding hydrogens is 430 g/mol. The van der Waals surface area contributed by atoms with Gasteiger partial charge >= 0.3 is 6.36 Å². The van der Waals surface area contributed by atoms with Gasteiger partial charge in [0.25, 0.3) is 0 Å². The average Bonchev–Trinajstić information content (AvgIpc) is 2.73. The fourth-order valence-electron chi connectivity index (χ4n) is 2.88. The van der Waals surface area contributed by atoms with Crippen LogP contribution in [0.5, 0.6) is 17.2 Å². The lowest BCUT2D eigenvalue weighted by Crippen LogP contribution is -2.19. The molecule has 0 bridgehead atoms. The average molecular weight is 449 g/mol. The summed E-state index contributed by atoms with van der Waals surface area (Å²) in [6, 6.07) is 17.6. The van der Waals surface area contributed by atoms with Gasteiger partial charge in [-0.1, -0.05) is 30.3 Å². The van der Waals surface area contributed by atoms with E-state index in [-0.39, 0.29) is 30.2 Å². The number of rotatable bonds is 9. The van der Waals surface area contributed by atoms with Crippen LogP contribution in [0.1, 0.15) is 23.7 Å². The first kappa shape index (κ1) is 23.1. The summed E-state index contributed by atoms with van der Waals surface area (Å²) in [5.41, 5.74) is 6.05. The molecule has 0 aliphatic rings. The van der Waals surface area contributed by atoms with Crippen LogP contribution in [0, 0.1) is 5.82 Å². The number of nitrogens with two attached hydrogens (primary N) is 1. The summed E-state index contributed by atoms with van der Waals surface area (Å²) in [7, 11) is 0. The number of alkyl halides is 3. The van der Waals surface area contributed by atoms with Crippen molar-refractivity contribution in [2.75, 3.05) is 0 Å². The molecule has 0 aliphatic carbocycles. The van der Waals surface area contributed by atoms with Gasteiger partial charge in [0, 0.05) is 5.56 Å². The molecular formula is C23H19F4NO4. The molecule has 0 fully saturated rings. The summed E-state index contributed by atoms with van der Waals surface area (Å²) in [5.74, 6) is -0.517. The van der Waals surface area contributed by atoms with Gasteiger partial charge in [-0.3, -0.25) is 4.79 Å². The van der Waals surface area contributed by atoms with Crippen molar-refractivity contribution in [2.45, 2.75) is 25.5 Å². The second kappa shape index (κ2) is 10.1. The molecule has 0 saturated carbocycles. The zero-order chi connectivity index (χ0) is 23.1. The number of para-hydroxylation sites is 1. The highest BCUT2D eigenvalue weighted by atomic mass is 19.4. The number of carbonyl (C=O) groups is 1. The Bertz CT molecular complexity index is 1040. The second-order valence-electron chi connectivity index (χ2n) is 6.75. The van der Waals surface area contributed by atoms with Gasteiger partial charge < -0.3 is 19.9 Å². The second-order valence-corrected chi connectivity index (χ2v) is 6.75. The maximum atomic E-state index is 13.0. The normalized spacial score (nSPS) is 12.2. The number of halogens is 4. The number of benzene rings is 3. The highest BCUT2D eigenvalue weighted by Crippen LogP contribution is 2.30. The topological polar surface area (TPSA) is 70.8 Å². The zero-order valence-electron chi connectivity index (χ0n) is 16.6. The molecule has 3 aromatic rings. The van der Waals surface area contributed by atoms with E-state index in [0.717, 1.165) is 0 Å². The summed E-state index contributed by atoms with van der Waals surface area (Å²) in [6.07, 6.45) is -5.82. The third-order valence-corrected chi connectivity index (χ3v) is 4.33. The lowest BCUT2D eigenvalue weighted by molar-refractivity contribution is -0.275. The molecule has 9 heteroatoms. The van der Waals surface area contributed by atoms with E-state index in [4.69, 9.17) is 15.2 Å². The zero-order valence-corrected chi connectivity index (χ0v) is 16.6. The van der Waals surface area contributed by atoms with Crippen LogP contribution in [-0.2, 0) is 16.1 Å². The molecule has 1 atom stereocenters. The molecule has 0 saturated heterocycles. The van der Waals surface area contributed by atoms with Crippen molar-refractivity contribution in [3.05, 3.63) is 89.7 Å². The van der Waals surface area contributed by atoms with Crippen molar-refractivity contribution in [3.8, 4) is 17.2 Å². The van der Waals surface area contributed by atoms with E-state index < -0.39 is 18.4 Å². The third-order valence-electron chi connectivity index (χ3n) is 4.33. The fourth-order valence-corrected chi connectivity index (χ4v) is 2.88. The molecule has 0 heterocycles. The van der Waals surface area contributed by atoms with Crippen LogP contribution in [0.4, 0.5) is 17.6 Å². The molecule has 3 rings (SSSR count). The minimum Gasteiger partial charge on any atom is -0.457 e. The predicted molar refractivity (Wildman–Crippen MR) is 107 cm³/mol. The van der Waals surface area contributed by atoms with E-state index in [1.807, 2.05) is 0 Å². The van der Waals surface area contributed by atoms with Crippen molar-refractivity contribution < 1.29 is 36.6 Å². The molecule has 1 amide bonds. The Kier molecular flexibility index (Phi) is 7.32. The Morgan fingerprint density at radius 3 is 2.09 bits per heavy atom. The van der Waals surface area contributed by atoms with Gasteiger partial charge in [0.2, 0.25) is 5.91 Å². The molecule has 0 aliphatic heterocycles. The van der Waals surface area contributed by atoms with E-state index in [2.05, 4.69) is 4.74 Å². The molecule has 168 valence electrons. The van der Waals surface area contributed by atoms with Gasteiger partial charge in [-0.15, -0.1) is 13.2 Å². The van der Waals surface area contributed by atoms with Crippen molar-refractivity contribution in [3.63, 3.8) is 0 Å². The number of primary amides is 1. The van der Waals surface area contributed by atoms with Crippen LogP contribution in [-0.4, -0.2) is 12.3 Å². The predicted octanol–water partition coefficient (Wildman–Crippen LogP) is 5.65. The molecule has 0 radical (unpaired) electrons. The minimum absolute atomic E-state index is 0.163. The van der Waals surface area contributed by atoms with Gasteiger partial charge in [0.1, 0.15) is 23.1 Å². The lowest BCUT2D eigenvalue weighted by atomic mass is 10.1. The van der Waals surface area contributed by atoms with Crippen LogP contribution >= 0.6 is 0 Å². The number of amides is 1. The van der Waals surface area contributed by atoms with Crippen LogP contribution < -0.4 is 15.2 Å². The summed E-state index contributed by atoms with van der Waals surface area (Å²) < 4.78 is 66.2. The summed E-state index contributed by atoms with van der Waals surface area (Å²) >= 11 is 0. The number of ether oxygens (including phenoxy) is 3. The summed E-state index contributed by atoms with van der Waals surface area (Å²) in [5, 5.41) is 0. The molecule has 1 unspecified atom stereocenters. The summed E-state index contributed by atoms with van der Waals surface area (Å²) in [4.78, 5) is 11.5. The lowest BCUT2D eigenvalue weighted by Gasteiger charge is -2.19. The molecule has 32 heavy (non-hydrogen) atoms. The van der Waals surface area contributed by atoms with Crippen LogP contribution in [0.2, 0.25) is 0 Å². The Morgan fingerprint density at radius 2 is 1.50 bits per heavy atom. The van der Waals surface area contributed by atoms with E-state index in [1.165, 1.54) is 42.5 Å². The highest BCUT2D eigenvalue weighted by Gasteiger charge is 2.32. The third kappa shape index (κ3) is 6.98. The van der Waals surface area contributed by atoms with E-state index in [9.17, 15) is 22.4 Å². The maximum Gasteiger partial charge on any atom is 0.573 e. The Morgan fingerprint density at radius 1 is 0.906 bits per heavy atom. The Balaban J connectivity index is 1.71. The van der Waals surface area contributed by atoms with Crippen LogP contribution in [0.3, 0.4) is 0 Å². The maximum absolute atomic E-state index is 13.0. The highest BCUT2D eigenvalue weighted by molar-refractivity contribution is 5.74. The molecule has 0 spiro atoms. The largest absolute Gasteiger partial charge is 0.573 e. The fraction of sp³-hybridized carbons (Fsp3) is 0.174. The smallest absolute Gasteiger partial charge is 0.457 e. The van der Waals surface area contributed by atoms with Gasteiger partial charge in [-0.2, -0.15) is 0 Å². The SMILES string of the molecule is NC(=O)CC(OCc1ccccc1OC(F)(F)F)c1ccc(Oc2ccc(F)cc2)cc1. The monoisotopic (exact) mass is 449 g/mol. The van der Waals surface area contributed by atoms with E-state index in [0.29, 0.717) is 17.1 Å². The first-order valence-corrected chi connectivity index (χ1v) is 9.46. The van der Waals surface area contributed by atoms with Crippen molar-refractivity contribution in [1.82, 2.24) is 0 Å².